The third-order valence-electron chi connectivity index (χ3n) is 2.90. The fourth-order valence-corrected chi connectivity index (χ4v) is 1.95. The predicted octanol–water partition coefficient (Wildman–Crippen LogP) is 2.98. The van der Waals surface area contributed by atoms with Gasteiger partial charge in [0.05, 0.1) is 0 Å². The van der Waals surface area contributed by atoms with Crippen LogP contribution in [0.5, 0.6) is 5.75 Å². The summed E-state index contributed by atoms with van der Waals surface area (Å²) < 4.78 is 10.9. The van der Waals surface area contributed by atoms with Gasteiger partial charge in [-0.25, -0.2) is 0 Å². The number of aromatic nitrogens is 1. The minimum atomic E-state index is 0.432. The molecular formula is C15H20N2O2. The predicted molar refractivity (Wildman–Crippen MR) is 74.1 cm³/mol. The summed E-state index contributed by atoms with van der Waals surface area (Å²) in [4.78, 5) is 0. The molecule has 19 heavy (non-hydrogen) atoms. The molecule has 1 aromatic carbocycles. The zero-order valence-electron chi connectivity index (χ0n) is 11.7. The monoisotopic (exact) mass is 260 g/mol. The van der Waals surface area contributed by atoms with Crippen LogP contribution in [-0.4, -0.2) is 11.7 Å². The van der Waals surface area contributed by atoms with Crippen molar-refractivity contribution in [1.29, 1.82) is 0 Å². The standard InChI is InChI=1S/C15H20N2O2/c1-4-16-9-13-7-5-6-11(2)15(13)18-10-14-8-12(3)19-17-14/h5-8,16H,4,9-10H2,1-3H3. The molecule has 102 valence electrons. The Bertz CT molecular complexity index is 535. The van der Waals surface area contributed by atoms with Crippen molar-refractivity contribution in [1.82, 2.24) is 10.5 Å². The maximum absolute atomic E-state index is 5.90. The van der Waals surface area contributed by atoms with Crippen LogP contribution in [0.3, 0.4) is 0 Å². The SMILES string of the molecule is CCNCc1cccc(C)c1OCc1cc(C)on1. The Morgan fingerprint density at radius 3 is 2.84 bits per heavy atom. The van der Waals surface area contributed by atoms with Gasteiger partial charge in [0, 0.05) is 18.2 Å². The van der Waals surface area contributed by atoms with Crippen LogP contribution in [0.2, 0.25) is 0 Å². The van der Waals surface area contributed by atoms with E-state index in [1.807, 2.05) is 13.0 Å². The molecule has 0 unspecified atom stereocenters. The lowest BCUT2D eigenvalue weighted by Crippen LogP contribution is -2.13. The smallest absolute Gasteiger partial charge is 0.134 e. The maximum Gasteiger partial charge on any atom is 0.134 e. The average molecular weight is 260 g/mol. The number of rotatable bonds is 6. The molecule has 0 fully saturated rings. The zero-order valence-corrected chi connectivity index (χ0v) is 11.7. The van der Waals surface area contributed by atoms with E-state index in [4.69, 9.17) is 9.26 Å². The van der Waals surface area contributed by atoms with Crippen LogP contribution in [0.4, 0.5) is 0 Å². The van der Waals surface area contributed by atoms with Crippen molar-refractivity contribution < 1.29 is 9.26 Å². The van der Waals surface area contributed by atoms with E-state index in [2.05, 4.69) is 42.5 Å². The molecule has 0 atom stereocenters. The summed E-state index contributed by atoms with van der Waals surface area (Å²) in [5.41, 5.74) is 3.12. The van der Waals surface area contributed by atoms with Crippen LogP contribution in [0, 0.1) is 13.8 Å². The molecule has 0 saturated carbocycles. The number of nitrogens with zero attached hydrogens (tertiary/aromatic N) is 1. The lowest BCUT2D eigenvalue weighted by atomic mass is 10.1. The number of aryl methyl sites for hydroxylation is 2. The number of nitrogens with one attached hydrogen (secondary N) is 1. The van der Waals surface area contributed by atoms with E-state index in [9.17, 15) is 0 Å². The van der Waals surface area contributed by atoms with E-state index in [1.54, 1.807) is 0 Å². The molecule has 2 aromatic rings. The maximum atomic E-state index is 5.90. The molecule has 1 aromatic heterocycles. The van der Waals surface area contributed by atoms with Crippen molar-refractivity contribution >= 4 is 0 Å². The fourth-order valence-electron chi connectivity index (χ4n) is 1.95. The van der Waals surface area contributed by atoms with Crippen molar-refractivity contribution in [3.05, 3.63) is 46.8 Å². The first kappa shape index (κ1) is 13.6. The third kappa shape index (κ3) is 3.58. The highest BCUT2D eigenvalue weighted by Crippen LogP contribution is 2.24. The topological polar surface area (TPSA) is 47.3 Å². The Morgan fingerprint density at radius 2 is 2.16 bits per heavy atom. The highest BCUT2D eigenvalue weighted by molar-refractivity contribution is 5.40. The van der Waals surface area contributed by atoms with Gasteiger partial charge in [0.15, 0.2) is 0 Å². The minimum Gasteiger partial charge on any atom is -0.487 e. The van der Waals surface area contributed by atoms with Gasteiger partial charge in [0.2, 0.25) is 0 Å². The summed E-state index contributed by atoms with van der Waals surface area (Å²) in [6, 6.07) is 8.08. The van der Waals surface area contributed by atoms with Crippen molar-refractivity contribution in [3.8, 4) is 5.75 Å². The van der Waals surface area contributed by atoms with Gasteiger partial charge in [-0.05, 0) is 26.0 Å². The second-order valence-corrected chi connectivity index (χ2v) is 4.56. The molecule has 0 amide bonds. The van der Waals surface area contributed by atoms with Gasteiger partial charge >= 0.3 is 0 Å². The summed E-state index contributed by atoms with van der Waals surface area (Å²) in [5, 5.41) is 7.26. The van der Waals surface area contributed by atoms with E-state index in [-0.39, 0.29) is 0 Å². The number of benzene rings is 1. The number of hydrogen-bond donors (Lipinski definition) is 1. The molecule has 1 N–H and O–H groups in total. The highest BCUT2D eigenvalue weighted by atomic mass is 16.5. The van der Waals surface area contributed by atoms with Crippen molar-refractivity contribution in [2.24, 2.45) is 0 Å². The van der Waals surface area contributed by atoms with E-state index >= 15 is 0 Å². The Hall–Kier alpha value is -1.81. The Kier molecular flexibility index (Phi) is 4.58. The molecule has 0 aliphatic carbocycles. The van der Waals surface area contributed by atoms with E-state index in [0.717, 1.165) is 35.9 Å². The van der Waals surface area contributed by atoms with E-state index in [0.29, 0.717) is 6.61 Å². The van der Waals surface area contributed by atoms with Gasteiger partial charge in [0.1, 0.15) is 23.8 Å². The first-order valence-corrected chi connectivity index (χ1v) is 6.55. The highest BCUT2D eigenvalue weighted by Gasteiger charge is 2.08. The van der Waals surface area contributed by atoms with Gasteiger partial charge in [-0.1, -0.05) is 30.3 Å². The molecule has 0 aliphatic rings. The lowest BCUT2D eigenvalue weighted by molar-refractivity contribution is 0.283. The van der Waals surface area contributed by atoms with Crippen LogP contribution >= 0.6 is 0 Å². The number of para-hydroxylation sites is 1. The third-order valence-corrected chi connectivity index (χ3v) is 2.90. The van der Waals surface area contributed by atoms with Crippen LogP contribution in [0.25, 0.3) is 0 Å². The van der Waals surface area contributed by atoms with E-state index < -0.39 is 0 Å². The summed E-state index contributed by atoms with van der Waals surface area (Å²) in [6.07, 6.45) is 0. The number of hydrogen-bond acceptors (Lipinski definition) is 4. The fraction of sp³-hybridized carbons (Fsp3) is 0.400. The Labute approximate surface area is 113 Å². The van der Waals surface area contributed by atoms with Crippen molar-refractivity contribution in [3.63, 3.8) is 0 Å². The van der Waals surface area contributed by atoms with Gasteiger partial charge in [-0.3, -0.25) is 0 Å². The molecule has 2 rings (SSSR count). The molecule has 0 saturated heterocycles. The molecular weight excluding hydrogens is 240 g/mol. The molecule has 4 nitrogen and oxygen atoms in total. The van der Waals surface area contributed by atoms with Gasteiger partial charge in [-0.15, -0.1) is 0 Å². The first-order chi connectivity index (χ1) is 9.20. The largest absolute Gasteiger partial charge is 0.487 e. The second-order valence-electron chi connectivity index (χ2n) is 4.56. The van der Waals surface area contributed by atoms with Crippen LogP contribution in [0.1, 0.15) is 29.5 Å². The second kappa shape index (κ2) is 6.38. The van der Waals surface area contributed by atoms with Crippen molar-refractivity contribution in [2.45, 2.75) is 33.9 Å². The summed E-state index contributed by atoms with van der Waals surface area (Å²) in [5.74, 6) is 1.74. The summed E-state index contributed by atoms with van der Waals surface area (Å²) >= 11 is 0. The quantitative estimate of drug-likeness (QED) is 0.867. The first-order valence-electron chi connectivity index (χ1n) is 6.55. The molecule has 0 bridgehead atoms. The zero-order chi connectivity index (χ0) is 13.7. The van der Waals surface area contributed by atoms with Crippen LogP contribution in [0.15, 0.2) is 28.8 Å². The molecule has 1 heterocycles. The van der Waals surface area contributed by atoms with Crippen LogP contribution in [-0.2, 0) is 13.2 Å². The molecule has 4 heteroatoms. The summed E-state index contributed by atoms with van der Waals surface area (Å²) in [6.45, 7) is 8.21. The minimum absolute atomic E-state index is 0.432. The van der Waals surface area contributed by atoms with Gasteiger partial charge in [0.25, 0.3) is 0 Å². The van der Waals surface area contributed by atoms with E-state index in [1.165, 1.54) is 5.56 Å². The molecule has 0 aliphatic heterocycles. The normalized spacial score (nSPS) is 10.7. The lowest BCUT2D eigenvalue weighted by Gasteiger charge is -2.13. The van der Waals surface area contributed by atoms with Crippen molar-refractivity contribution in [2.75, 3.05) is 6.54 Å². The average Bonchev–Trinajstić information content (AvgIpc) is 2.81. The van der Waals surface area contributed by atoms with Crippen LogP contribution < -0.4 is 10.1 Å². The molecule has 0 spiro atoms. The Balaban J connectivity index is 2.09. The van der Waals surface area contributed by atoms with Gasteiger partial charge < -0.3 is 14.6 Å². The van der Waals surface area contributed by atoms with Gasteiger partial charge in [-0.2, -0.15) is 0 Å². The Morgan fingerprint density at radius 1 is 1.32 bits per heavy atom. The molecule has 0 radical (unpaired) electrons. The summed E-state index contributed by atoms with van der Waals surface area (Å²) in [7, 11) is 0. The number of ether oxygens (including phenoxy) is 1.